The van der Waals surface area contributed by atoms with Gasteiger partial charge in [0.15, 0.2) is 0 Å². The highest BCUT2D eigenvalue weighted by Crippen LogP contribution is 2.38. The maximum Gasteiger partial charge on any atom is 0.322 e. The van der Waals surface area contributed by atoms with Gasteiger partial charge in [-0.2, -0.15) is 0 Å². The van der Waals surface area contributed by atoms with E-state index in [-0.39, 0.29) is 23.8 Å². The molecular weight excluding hydrogens is 318 g/mol. The number of carbonyl (C=O) groups is 3. The molecule has 0 aromatic heterocycles. The lowest BCUT2D eigenvalue weighted by molar-refractivity contribution is -0.129. The number of hydrogen-bond acceptors (Lipinski definition) is 3. The molecule has 1 atom stereocenters. The number of amides is 4. The minimum absolute atomic E-state index is 0.0930. The van der Waals surface area contributed by atoms with Crippen molar-refractivity contribution in [1.29, 1.82) is 0 Å². The van der Waals surface area contributed by atoms with Crippen molar-refractivity contribution in [1.82, 2.24) is 10.6 Å². The van der Waals surface area contributed by atoms with Crippen LogP contribution in [0.1, 0.15) is 44.6 Å². The fourth-order valence-corrected chi connectivity index (χ4v) is 4.46. The van der Waals surface area contributed by atoms with Gasteiger partial charge in [-0.1, -0.05) is 18.2 Å². The largest absolute Gasteiger partial charge is 0.323 e. The summed E-state index contributed by atoms with van der Waals surface area (Å²) in [5.74, 6) is -0.191. The molecule has 2 heterocycles. The molecule has 1 aliphatic carbocycles. The Kier molecular flexibility index (Phi) is 3.78. The number of rotatable bonds is 1. The molecule has 3 aliphatic rings. The summed E-state index contributed by atoms with van der Waals surface area (Å²) >= 11 is 0. The summed E-state index contributed by atoms with van der Waals surface area (Å²) in [5, 5.41) is 5.08. The summed E-state index contributed by atoms with van der Waals surface area (Å²) in [6, 6.07) is 7.88. The van der Waals surface area contributed by atoms with E-state index in [0.717, 1.165) is 18.5 Å². The van der Waals surface area contributed by atoms with Crippen LogP contribution >= 0.6 is 0 Å². The van der Waals surface area contributed by atoms with Gasteiger partial charge in [0.25, 0.3) is 5.91 Å². The van der Waals surface area contributed by atoms with Gasteiger partial charge in [-0.15, -0.1) is 0 Å². The van der Waals surface area contributed by atoms with E-state index in [1.165, 1.54) is 5.56 Å². The SMILES string of the molecule is CC1CCc2ccccc2N1C(=O)C1CCC2(CC1)NC(=O)NC2=O. The van der Waals surface area contributed by atoms with E-state index >= 15 is 0 Å². The van der Waals surface area contributed by atoms with Gasteiger partial charge in [-0.25, -0.2) is 4.79 Å². The maximum atomic E-state index is 13.2. The van der Waals surface area contributed by atoms with Crippen LogP contribution in [0.25, 0.3) is 0 Å². The number of carbonyl (C=O) groups excluding carboxylic acids is 3. The highest BCUT2D eigenvalue weighted by molar-refractivity contribution is 6.07. The molecule has 2 fully saturated rings. The van der Waals surface area contributed by atoms with E-state index in [1.54, 1.807) is 0 Å². The summed E-state index contributed by atoms with van der Waals surface area (Å²) in [6.07, 6.45) is 4.25. The van der Waals surface area contributed by atoms with Crippen LogP contribution in [-0.4, -0.2) is 29.4 Å². The highest BCUT2D eigenvalue weighted by Gasteiger charge is 2.49. The average molecular weight is 341 g/mol. The molecule has 1 unspecified atom stereocenters. The first kappa shape index (κ1) is 16.1. The molecule has 132 valence electrons. The molecule has 25 heavy (non-hydrogen) atoms. The van der Waals surface area contributed by atoms with Crippen LogP contribution in [0.4, 0.5) is 10.5 Å². The fraction of sp³-hybridized carbons (Fsp3) is 0.526. The topological polar surface area (TPSA) is 78.5 Å². The Morgan fingerprint density at radius 1 is 1.16 bits per heavy atom. The minimum Gasteiger partial charge on any atom is -0.323 e. The Morgan fingerprint density at radius 2 is 1.88 bits per heavy atom. The molecule has 0 bridgehead atoms. The van der Waals surface area contributed by atoms with Crippen molar-refractivity contribution >= 4 is 23.5 Å². The van der Waals surface area contributed by atoms with Crippen molar-refractivity contribution < 1.29 is 14.4 Å². The van der Waals surface area contributed by atoms with Crippen LogP contribution in [0.3, 0.4) is 0 Å². The number of benzene rings is 1. The molecule has 2 aliphatic heterocycles. The van der Waals surface area contributed by atoms with E-state index in [9.17, 15) is 14.4 Å². The zero-order chi connectivity index (χ0) is 17.6. The molecule has 1 aromatic rings. The lowest BCUT2D eigenvalue weighted by Crippen LogP contribution is -2.52. The van der Waals surface area contributed by atoms with E-state index < -0.39 is 11.6 Å². The number of para-hydroxylation sites is 1. The minimum atomic E-state index is -0.806. The number of anilines is 1. The first-order valence-electron chi connectivity index (χ1n) is 9.05. The van der Waals surface area contributed by atoms with Crippen molar-refractivity contribution in [3.8, 4) is 0 Å². The molecule has 4 amide bonds. The number of fused-ring (bicyclic) bond motifs is 1. The Hall–Kier alpha value is -2.37. The number of hydrogen-bond donors (Lipinski definition) is 2. The van der Waals surface area contributed by atoms with Gasteiger partial charge in [0, 0.05) is 17.6 Å². The van der Waals surface area contributed by atoms with Crippen LogP contribution in [0.5, 0.6) is 0 Å². The molecule has 1 saturated heterocycles. The van der Waals surface area contributed by atoms with Crippen molar-refractivity contribution in [3.05, 3.63) is 29.8 Å². The molecular formula is C19H23N3O3. The van der Waals surface area contributed by atoms with Gasteiger partial charge in [0.1, 0.15) is 5.54 Å². The van der Waals surface area contributed by atoms with Gasteiger partial charge in [0.2, 0.25) is 5.91 Å². The van der Waals surface area contributed by atoms with Gasteiger partial charge in [-0.3, -0.25) is 14.9 Å². The third-order valence-electron chi connectivity index (χ3n) is 5.96. The van der Waals surface area contributed by atoms with Crippen LogP contribution in [-0.2, 0) is 16.0 Å². The first-order chi connectivity index (χ1) is 12.0. The maximum absolute atomic E-state index is 13.2. The summed E-state index contributed by atoms with van der Waals surface area (Å²) in [5.41, 5.74) is 1.45. The fourth-order valence-electron chi connectivity index (χ4n) is 4.46. The van der Waals surface area contributed by atoms with Crippen molar-refractivity contribution in [2.75, 3.05) is 4.90 Å². The lowest BCUT2D eigenvalue weighted by atomic mass is 9.75. The summed E-state index contributed by atoms with van der Waals surface area (Å²) in [4.78, 5) is 38.7. The van der Waals surface area contributed by atoms with E-state index in [1.807, 2.05) is 23.1 Å². The second-order valence-electron chi connectivity index (χ2n) is 7.49. The molecule has 6 nitrogen and oxygen atoms in total. The Labute approximate surface area is 147 Å². The Balaban J connectivity index is 1.51. The zero-order valence-electron chi connectivity index (χ0n) is 14.4. The van der Waals surface area contributed by atoms with Crippen LogP contribution in [0, 0.1) is 5.92 Å². The Morgan fingerprint density at radius 3 is 2.56 bits per heavy atom. The monoisotopic (exact) mass is 341 g/mol. The van der Waals surface area contributed by atoms with Crippen molar-refractivity contribution in [2.45, 2.75) is 57.0 Å². The van der Waals surface area contributed by atoms with Gasteiger partial charge >= 0.3 is 6.03 Å². The standard InChI is InChI=1S/C19H23N3O3/c1-12-6-7-13-4-2-3-5-15(13)22(12)16(23)14-8-10-19(11-9-14)17(24)20-18(25)21-19/h2-5,12,14H,6-11H2,1H3,(H2,20,21,24,25). The quantitative estimate of drug-likeness (QED) is 0.768. The molecule has 4 rings (SSSR count). The predicted molar refractivity (Wildman–Crippen MR) is 93.1 cm³/mol. The first-order valence-corrected chi connectivity index (χ1v) is 9.05. The van der Waals surface area contributed by atoms with Crippen LogP contribution < -0.4 is 15.5 Å². The third kappa shape index (κ3) is 2.60. The molecule has 1 aromatic carbocycles. The number of nitrogens with one attached hydrogen (secondary N) is 2. The van der Waals surface area contributed by atoms with Gasteiger partial charge in [-0.05, 0) is 57.1 Å². The van der Waals surface area contributed by atoms with E-state index in [2.05, 4.69) is 23.6 Å². The van der Waals surface area contributed by atoms with Gasteiger partial charge < -0.3 is 10.2 Å². The van der Waals surface area contributed by atoms with Crippen LogP contribution in [0.15, 0.2) is 24.3 Å². The van der Waals surface area contributed by atoms with E-state index in [4.69, 9.17) is 0 Å². The van der Waals surface area contributed by atoms with Gasteiger partial charge in [0.05, 0.1) is 0 Å². The predicted octanol–water partition coefficient (Wildman–Crippen LogP) is 2.12. The summed E-state index contributed by atoms with van der Waals surface area (Å²) < 4.78 is 0. The normalized spacial score (nSPS) is 31.5. The molecule has 1 spiro atoms. The summed E-state index contributed by atoms with van der Waals surface area (Å²) in [7, 11) is 0. The van der Waals surface area contributed by atoms with Crippen molar-refractivity contribution in [3.63, 3.8) is 0 Å². The lowest BCUT2D eigenvalue weighted by Gasteiger charge is -2.40. The number of nitrogens with zero attached hydrogens (tertiary/aromatic N) is 1. The van der Waals surface area contributed by atoms with E-state index in [0.29, 0.717) is 25.7 Å². The average Bonchev–Trinajstić information content (AvgIpc) is 2.88. The van der Waals surface area contributed by atoms with Crippen LogP contribution in [0.2, 0.25) is 0 Å². The number of aryl methyl sites for hydroxylation is 1. The molecule has 1 saturated carbocycles. The number of imide groups is 1. The molecule has 0 radical (unpaired) electrons. The second kappa shape index (κ2) is 5.86. The second-order valence-corrected chi connectivity index (χ2v) is 7.49. The summed E-state index contributed by atoms with van der Waals surface area (Å²) in [6.45, 7) is 2.10. The highest BCUT2D eigenvalue weighted by atomic mass is 16.2. The zero-order valence-corrected chi connectivity index (χ0v) is 14.4. The molecule has 2 N–H and O–H groups in total. The third-order valence-corrected chi connectivity index (χ3v) is 5.96. The smallest absolute Gasteiger partial charge is 0.322 e. The van der Waals surface area contributed by atoms with Crippen molar-refractivity contribution in [2.24, 2.45) is 5.92 Å². The molecule has 6 heteroatoms. The number of urea groups is 1. The Bertz CT molecular complexity index is 737.